The Morgan fingerprint density at radius 1 is 1.17 bits per heavy atom. The first-order valence-electron chi connectivity index (χ1n) is 8.59. The van der Waals surface area contributed by atoms with Crippen molar-refractivity contribution in [1.82, 2.24) is 19.3 Å². The predicted molar refractivity (Wildman–Crippen MR) is 116 cm³/mol. The standard InChI is InChI=1S/C17H13ClF3IN5O2P/c18-15-13(8-24-27(30-22)16(15)28)25-6-5-11-10(9-25)7-23-26(11)12-3-1-2-4-14(12)29-17(19,20)21/h1-4,7-8,30H,5-6,9H2. The number of anilines is 1. The van der Waals surface area contributed by atoms with Crippen molar-refractivity contribution in [2.45, 2.75) is 19.3 Å². The summed E-state index contributed by atoms with van der Waals surface area (Å²) in [7, 11) is 0. The summed E-state index contributed by atoms with van der Waals surface area (Å²) in [6.45, 7) is 0.896. The summed E-state index contributed by atoms with van der Waals surface area (Å²) >= 11 is 8.31. The quantitative estimate of drug-likeness (QED) is 0.346. The van der Waals surface area contributed by atoms with E-state index in [-0.39, 0.29) is 28.4 Å². The predicted octanol–water partition coefficient (Wildman–Crippen LogP) is 4.34. The molecule has 4 rings (SSSR count). The summed E-state index contributed by atoms with van der Waals surface area (Å²) in [5.41, 5.74) is 1.96. The van der Waals surface area contributed by atoms with Crippen LogP contribution in [0.4, 0.5) is 18.9 Å². The van der Waals surface area contributed by atoms with Crippen LogP contribution in [0, 0.1) is 0 Å². The van der Waals surface area contributed by atoms with Gasteiger partial charge in [-0.25, -0.2) is 9.13 Å². The molecular weight excluding hydrogens is 557 g/mol. The first-order valence-corrected chi connectivity index (χ1v) is 13.0. The fourth-order valence-corrected chi connectivity index (χ4v) is 4.93. The van der Waals surface area contributed by atoms with E-state index in [1.807, 2.05) is 26.9 Å². The molecule has 0 N–H and O–H groups in total. The molecule has 1 aliphatic rings. The van der Waals surface area contributed by atoms with E-state index in [9.17, 15) is 18.0 Å². The van der Waals surface area contributed by atoms with Crippen molar-refractivity contribution >= 4 is 45.7 Å². The second kappa shape index (κ2) is 8.35. The van der Waals surface area contributed by atoms with Crippen LogP contribution in [-0.4, -0.2) is 32.2 Å². The molecule has 1 aliphatic heterocycles. The Kier molecular flexibility index (Phi) is 5.95. The Balaban J connectivity index is 1.66. The minimum atomic E-state index is -4.80. The topological polar surface area (TPSA) is 65.2 Å². The van der Waals surface area contributed by atoms with Crippen molar-refractivity contribution < 1.29 is 17.9 Å². The van der Waals surface area contributed by atoms with E-state index in [0.717, 1.165) is 11.3 Å². The molecule has 0 saturated carbocycles. The molecule has 3 heterocycles. The van der Waals surface area contributed by atoms with E-state index in [2.05, 4.69) is 14.9 Å². The molecule has 0 aliphatic carbocycles. The van der Waals surface area contributed by atoms with Crippen LogP contribution < -0.4 is 15.2 Å². The van der Waals surface area contributed by atoms with Crippen LogP contribution in [-0.2, 0) is 13.0 Å². The SMILES string of the molecule is O=c1c(Cl)c(N2CCc3c(cnn3-c3ccccc3OC(F)(F)F)C2)cnn1PI. The molecule has 0 spiro atoms. The van der Waals surface area contributed by atoms with Gasteiger partial charge in [0.2, 0.25) is 0 Å². The Labute approximate surface area is 188 Å². The molecule has 1 atom stereocenters. The largest absolute Gasteiger partial charge is 0.573 e. The Hall–Kier alpha value is -1.85. The van der Waals surface area contributed by atoms with Crippen molar-refractivity contribution in [1.29, 1.82) is 0 Å². The number of fused-ring (bicyclic) bond motifs is 1. The van der Waals surface area contributed by atoms with Gasteiger partial charge in [-0.1, -0.05) is 23.7 Å². The maximum atomic E-state index is 12.8. The number of aromatic nitrogens is 4. The maximum absolute atomic E-state index is 12.8. The highest BCUT2D eigenvalue weighted by molar-refractivity contribution is 14.2. The molecule has 3 aromatic rings. The third-order valence-corrected chi connectivity index (χ3v) is 6.78. The number of rotatable bonds is 4. The second-order valence-corrected chi connectivity index (χ2v) is 8.78. The zero-order valence-corrected chi connectivity index (χ0v) is 18.9. The molecule has 1 aromatic carbocycles. The molecule has 0 bridgehead atoms. The van der Waals surface area contributed by atoms with Crippen molar-refractivity contribution in [3.63, 3.8) is 0 Å². The fraction of sp³-hybridized carbons (Fsp3) is 0.235. The number of nitrogens with zero attached hydrogens (tertiary/aromatic N) is 5. The minimum Gasteiger partial charge on any atom is -0.403 e. The summed E-state index contributed by atoms with van der Waals surface area (Å²) in [6, 6.07) is 5.86. The van der Waals surface area contributed by atoms with Gasteiger partial charge in [0.25, 0.3) is 5.56 Å². The lowest BCUT2D eigenvalue weighted by molar-refractivity contribution is -0.274. The summed E-state index contributed by atoms with van der Waals surface area (Å²) in [4.78, 5) is 14.2. The van der Waals surface area contributed by atoms with Gasteiger partial charge in [0.15, 0.2) is 5.75 Å². The van der Waals surface area contributed by atoms with Crippen molar-refractivity contribution in [3.8, 4) is 11.4 Å². The van der Waals surface area contributed by atoms with Gasteiger partial charge in [-0.2, -0.15) is 10.2 Å². The average Bonchev–Trinajstić information content (AvgIpc) is 3.12. The van der Waals surface area contributed by atoms with Gasteiger partial charge in [0.05, 0.1) is 30.1 Å². The Morgan fingerprint density at radius 2 is 1.93 bits per heavy atom. The fourth-order valence-electron chi connectivity index (χ4n) is 3.29. The van der Waals surface area contributed by atoms with E-state index in [0.29, 0.717) is 25.2 Å². The molecule has 7 nitrogen and oxygen atoms in total. The van der Waals surface area contributed by atoms with Crippen LogP contribution in [0.25, 0.3) is 5.69 Å². The zero-order chi connectivity index (χ0) is 21.5. The van der Waals surface area contributed by atoms with Gasteiger partial charge in [-0.15, -0.1) is 13.2 Å². The number of alkyl halides is 3. The highest BCUT2D eigenvalue weighted by Crippen LogP contribution is 2.33. The molecule has 158 valence electrons. The number of hydrogen-bond donors (Lipinski definition) is 0. The first kappa shape index (κ1) is 21.4. The third-order valence-electron chi connectivity index (χ3n) is 4.58. The number of halogens is 5. The highest BCUT2D eigenvalue weighted by atomic mass is 127. The lowest BCUT2D eigenvalue weighted by atomic mass is 10.1. The molecule has 0 saturated heterocycles. The van der Waals surface area contributed by atoms with Crippen LogP contribution in [0.3, 0.4) is 0 Å². The third kappa shape index (κ3) is 4.15. The molecular formula is C17H13ClF3IN5O2P. The van der Waals surface area contributed by atoms with Crippen LogP contribution in [0.5, 0.6) is 5.75 Å². The number of benzene rings is 1. The van der Waals surface area contributed by atoms with E-state index < -0.39 is 6.36 Å². The van der Waals surface area contributed by atoms with Crippen molar-refractivity contribution in [3.05, 3.63) is 63.3 Å². The van der Waals surface area contributed by atoms with Gasteiger partial charge in [-0.3, -0.25) is 4.79 Å². The summed E-state index contributed by atoms with van der Waals surface area (Å²) in [5, 5.41) is 8.50. The summed E-state index contributed by atoms with van der Waals surface area (Å²) in [5.74, 6) is -0.325. The van der Waals surface area contributed by atoms with Gasteiger partial charge in [-0.05, 0) is 34.2 Å². The van der Waals surface area contributed by atoms with E-state index in [1.165, 1.54) is 27.3 Å². The van der Waals surface area contributed by atoms with Gasteiger partial charge >= 0.3 is 6.36 Å². The number of para-hydroxylation sites is 2. The molecule has 0 fully saturated rings. The van der Waals surface area contributed by atoms with Crippen LogP contribution in [0.1, 0.15) is 11.3 Å². The lowest BCUT2D eigenvalue weighted by Gasteiger charge is -2.29. The highest BCUT2D eigenvalue weighted by Gasteiger charge is 2.33. The number of hydrogen-bond acceptors (Lipinski definition) is 5. The van der Waals surface area contributed by atoms with Gasteiger partial charge < -0.3 is 9.64 Å². The van der Waals surface area contributed by atoms with E-state index in [4.69, 9.17) is 11.6 Å². The average molecular weight is 570 g/mol. The second-order valence-electron chi connectivity index (χ2n) is 6.36. The van der Waals surface area contributed by atoms with Gasteiger partial charge in [0.1, 0.15) is 10.7 Å². The number of ether oxygens (including phenoxy) is 1. The molecule has 2 aromatic heterocycles. The smallest absolute Gasteiger partial charge is 0.403 e. The van der Waals surface area contributed by atoms with Gasteiger partial charge in [0, 0.05) is 25.1 Å². The van der Waals surface area contributed by atoms with Crippen LogP contribution in [0.15, 0.2) is 41.5 Å². The van der Waals surface area contributed by atoms with E-state index in [1.54, 1.807) is 18.5 Å². The minimum absolute atomic E-state index is 0.0916. The van der Waals surface area contributed by atoms with Crippen LogP contribution in [0.2, 0.25) is 5.02 Å². The normalized spacial score (nSPS) is 14.4. The van der Waals surface area contributed by atoms with Crippen molar-refractivity contribution in [2.75, 3.05) is 11.4 Å². The lowest BCUT2D eigenvalue weighted by Crippen LogP contribution is -2.33. The van der Waals surface area contributed by atoms with Crippen LogP contribution >= 0.6 is 40.0 Å². The molecule has 0 amide bonds. The molecule has 13 heteroatoms. The molecule has 1 unspecified atom stereocenters. The Morgan fingerprint density at radius 3 is 2.67 bits per heavy atom. The zero-order valence-electron chi connectivity index (χ0n) is 15.0. The molecule has 0 radical (unpaired) electrons. The van der Waals surface area contributed by atoms with E-state index >= 15 is 0 Å². The maximum Gasteiger partial charge on any atom is 0.573 e. The van der Waals surface area contributed by atoms with Crippen molar-refractivity contribution in [2.24, 2.45) is 0 Å². The Bertz CT molecular complexity index is 1150. The molecule has 30 heavy (non-hydrogen) atoms. The summed E-state index contributed by atoms with van der Waals surface area (Å²) < 4.78 is 45.2. The monoisotopic (exact) mass is 569 g/mol. The summed E-state index contributed by atoms with van der Waals surface area (Å²) in [6.07, 6.45) is -1.03. The first-order chi connectivity index (χ1) is 14.3.